The number of imidazole rings is 1. The van der Waals surface area contributed by atoms with Gasteiger partial charge in [-0.1, -0.05) is 0 Å². The zero-order chi connectivity index (χ0) is 18.8. The number of ether oxygens (including phenoxy) is 1. The molecule has 5 rings (SSSR count). The lowest BCUT2D eigenvalue weighted by molar-refractivity contribution is 0.122. The monoisotopic (exact) mass is 381 g/mol. The van der Waals surface area contributed by atoms with Crippen molar-refractivity contribution in [1.29, 1.82) is 0 Å². The predicted molar refractivity (Wildman–Crippen MR) is 106 cm³/mol. The molecule has 3 aromatic heterocycles. The van der Waals surface area contributed by atoms with Gasteiger partial charge in [0.1, 0.15) is 17.7 Å². The molecule has 10 heteroatoms. The van der Waals surface area contributed by atoms with Gasteiger partial charge in [-0.15, -0.1) is 0 Å². The maximum atomic E-state index is 5.42. The second kappa shape index (κ2) is 7.55. The number of hydrogen-bond donors (Lipinski definition) is 2. The summed E-state index contributed by atoms with van der Waals surface area (Å²) in [7, 11) is 0. The summed E-state index contributed by atoms with van der Waals surface area (Å²) < 4.78 is 5.42. The molecule has 0 aliphatic carbocycles. The predicted octanol–water partition coefficient (Wildman–Crippen LogP) is 1.06. The van der Waals surface area contributed by atoms with Crippen LogP contribution in [0.25, 0.3) is 11.2 Å². The fourth-order valence-electron chi connectivity index (χ4n) is 3.83. The molecule has 2 saturated heterocycles. The highest BCUT2D eigenvalue weighted by Crippen LogP contribution is 2.24. The average Bonchev–Trinajstić information content (AvgIpc) is 3.24. The van der Waals surface area contributed by atoms with Gasteiger partial charge in [0.05, 0.1) is 19.5 Å². The standard InChI is InChI=1S/C18H23N9O/c1-2-13(10-27(5-1)17-15-16(21-11-20-15)22-12-23-17)24-14-3-4-19-18(25-14)26-6-8-28-9-7-26/h3-4,11-13H,1-2,5-10H2,(H,19,24,25)(H,20,21,22,23). The summed E-state index contributed by atoms with van der Waals surface area (Å²) in [5.41, 5.74) is 1.59. The first-order valence-corrected chi connectivity index (χ1v) is 9.68. The molecule has 1 unspecified atom stereocenters. The minimum Gasteiger partial charge on any atom is -0.378 e. The van der Waals surface area contributed by atoms with Gasteiger partial charge >= 0.3 is 0 Å². The molecule has 2 fully saturated rings. The highest BCUT2D eigenvalue weighted by Gasteiger charge is 2.24. The SMILES string of the molecule is c1cc(NC2CCCN(c3ncnc4nc[nH]c34)C2)nc(N2CCOCC2)n1. The molecule has 0 aromatic carbocycles. The highest BCUT2D eigenvalue weighted by atomic mass is 16.5. The van der Waals surface area contributed by atoms with Gasteiger partial charge in [0, 0.05) is 38.4 Å². The lowest BCUT2D eigenvalue weighted by Crippen LogP contribution is -2.43. The minimum atomic E-state index is 0.286. The van der Waals surface area contributed by atoms with Crippen LogP contribution in [0.3, 0.4) is 0 Å². The summed E-state index contributed by atoms with van der Waals surface area (Å²) in [6.45, 7) is 4.91. The van der Waals surface area contributed by atoms with Crippen molar-refractivity contribution in [1.82, 2.24) is 29.9 Å². The summed E-state index contributed by atoms with van der Waals surface area (Å²) in [6.07, 6.45) is 7.23. The first-order valence-electron chi connectivity index (χ1n) is 9.68. The molecule has 0 amide bonds. The van der Waals surface area contributed by atoms with Crippen molar-refractivity contribution >= 4 is 28.7 Å². The van der Waals surface area contributed by atoms with Crippen molar-refractivity contribution in [3.8, 4) is 0 Å². The van der Waals surface area contributed by atoms with Gasteiger partial charge < -0.3 is 24.8 Å². The van der Waals surface area contributed by atoms with Crippen LogP contribution in [-0.2, 0) is 4.74 Å². The molecule has 10 nitrogen and oxygen atoms in total. The molecule has 3 aromatic rings. The van der Waals surface area contributed by atoms with Gasteiger partial charge in [0.2, 0.25) is 5.95 Å². The quantitative estimate of drug-likeness (QED) is 0.686. The van der Waals surface area contributed by atoms with E-state index in [1.54, 1.807) is 12.7 Å². The Morgan fingerprint density at radius 2 is 2.00 bits per heavy atom. The van der Waals surface area contributed by atoms with Crippen LogP contribution in [0, 0.1) is 0 Å². The summed E-state index contributed by atoms with van der Waals surface area (Å²) in [6, 6.07) is 2.22. The van der Waals surface area contributed by atoms with Crippen LogP contribution >= 0.6 is 0 Å². The van der Waals surface area contributed by atoms with E-state index in [2.05, 4.69) is 40.0 Å². The molecule has 0 bridgehead atoms. The Balaban J connectivity index is 1.30. The summed E-state index contributed by atoms with van der Waals surface area (Å²) in [4.78, 5) is 29.7. The zero-order valence-electron chi connectivity index (χ0n) is 15.6. The second-order valence-corrected chi connectivity index (χ2v) is 7.07. The van der Waals surface area contributed by atoms with E-state index in [1.165, 1.54) is 0 Å². The third-order valence-corrected chi connectivity index (χ3v) is 5.21. The van der Waals surface area contributed by atoms with Crippen LogP contribution in [0.5, 0.6) is 0 Å². The Labute approximate surface area is 162 Å². The Morgan fingerprint density at radius 3 is 2.93 bits per heavy atom. The number of H-pyrrole nitrogens is 1. The zero-order valence-corrected chi connectivity index (χ0v) is 15.6. The number of morpholine rings is 1. The van der Waals surface area contributed by atoms with Crippen LogP contribution in [-0.4, -0.2) is 75.3 Å². The summed E-state index contributed by atoms with van der Waals surface area (Å²) in [5.74, 6) is 2.53. The van der Waals surface area contributed by atoms with Gasteiger partial charge in [-0.05, 0) is 18.9 Å². The van der Waals surface area contributed by atoms with E-state index in [0.717, 1.165) is 75.3 Å². The minimum absolute atomic E-state index is 0.286. The van der Waals surface area contributed by atoms with E-state index in [1.807, 2.05) is 12.3 Å². The number of rotatable bonds is 4. The highest BCUT2D eigenvalue weighted by molar-refractivity contribution is 5.82. The normalized spacial score (nSPS) is 20.5. The molecular weight excluding hydrogens is 358 g/mol. The fourth-order valence-corrected chi connectivity index (χ4v) is 3.83. The van der Waals surface area contributed by atoms with Crippen molar-refractivity contribution in [2.45, 2.75) is 18.9 Å². The van der Waals surface area contributed by atoms with Crippen molar-refractivity contribution in [3.05, 3.63) is 24.9 Å². The lowest BCUT2D eigenvalue weighted by Gasteiger charge is -2.34. The van der Waals surface area contributed by atoms with Gasteiger partial charge in [0.15, 0.2) is 11.5 Å². The van der Waals surface area contributed by atoms with Gasteiger partial charge in [-0.25, -0.2) is 19.9 Å². The Hall–Kier alpha value is -3.01. The van der Waals surface area contributed by atoms with E-state index in [0.29, 0.717) is 5.65 Å². The molecule has 2 aliphatic rings. The first kappa shape index (κ1) is 17.1. The molecule has 28 heavy (non-hydrogen) atoms. The first-order chi connectivity index (χ1) is 13.9. The topological polar surface area (TPSA) is 108 Å². The maximum Gasteiger partial charge on any atom is 0.227 e. The summed E-state index contributed by atoms with van der Waals surface area (Å²) >= 11 is 0. The van der Waals surface area contributed by atoms with Crippen molar-refractivity contribution < 1.29 is 4.74 Å². The van der Waals surface area contributed by atoms with Gasteiger partial charge in [0.25, 0.3) is 0 Å². The number of nitrogens with one attached hydrogen (secondary N) is 2. The fraction of sp³-hybridized carbons (Fsp3) is 0.500. The Bertz CT molecular complexity index is 939. The smallest absolute Gasteiger partial charge is 0.227 e. The van der Waals surface area contributed by atoms with Crippen LogP contribution in [0.4, 0.5) is 17.6 Å². The van der Waals surface area contributed by atoms with Crippen LogP contribution in [0.1, 0.15) is 12.8 Å². The molecule has 0 saturated carbocycles. The molecule has 2 aliphatic heterocycles. The number of piperidine rings is 1. The van der Waals surface area contributed by atoms with E-state index >= 15 is 0 Å². The van der Waals surface area contributed by atoms with E-state index in [9.17, 15) is 0 Å². The van der Waals surface area contributed by atoms with E-state index in [4.69, 9.17) is 9.72 Å². The molecule has 146 valence electrons. The van der Waals surface area contributed by atoms with Crippen molar-refractivity contribution in [3.63, 3.8) is 0 Å². The van der Waals surface area contributed by atoms with Gasteiger partial charge in [-0.3, -0.25) is 0 Å². The summed E-state index contributed by atoms with van der Waals surface area (Å²) in [5, 5.41) is 3.58. The Kier molecular flexibility index (Phi) is 4.61. The maximum absolute atomic E-state index is 5.42. The number of anilines is 3. The molecule has 5 heterocycles. The molecule has 1 atom stereocenters. The molecular formula is C18H23N9O. The van der Waals surface area contributed by atoms with E-state index in [-0.39, 0.29) is 6.04 Å². The Morgan fingerprint density at radius 1 is 1.07 bits per heavy atom. The second-order valence-electron chi connectivity index (χ2n) is 7.07. The van der Waals surface area contributed by atoms with Crippen LogP contribution < -0.4 is 15.1 Å². The van der Waals surface area contributed by atoms with Crippen molar-refractivity contribution in [2.75, 3.05) is 54.5 Å². The largest absolute Gasteiger partial charge is 0.378 e. The molecule has 0 spiro atoms. The third-order valence-electron chi connectivity index (χ3n) is 5.21. The number of fused-ring (bicyclic) bond motifs is 1. The van der Waals surface area contributed by atoms with Crippen LogP contribution in [0.15, 0.2) is 24.9 Å². The number of hydrogen-bond acceptors (Lipinski definition) is 9. The van der Waals surface area contributed by atoms with Crippen LogP contribution in [0.2, 0.25) is 0 Å². The number of aromatic nitrogens is 6. The molecule has 2 N–H and O–H groups in total. The average molecular weight is 381 g/mol. The van der Waals surface area contributed by atoms with E-state index < -0.39 is 0 Å². The van der Waals surface area contributed by atoms with Gasteiger partial charge in [-0.2, -0.15) is 4.98 Å². The number of nitrogens with zero attached hydrogens (tertiary/aromatic N) is 7. The molecule has 0 radical (unpaired) electrons. The lowest BCUT2D eigenvalue weighted by atomic mass is 10.1. The van der Waals surface area contributed by atoms with Crippen molar-refractivity contribution in [2.24, 2.45) is 0 Å². The third kappa shape index (κ3) is 3.42. The number of aromatic amines is 1.